The van der Waals surface area contributed by atoms with Crippen LogP contribution in [0.3, 0.4) is 0 Å². The number of carbonyl (C=O) groups excluding carboxylic acids is 1. The van der Waals surface area contributed by atoms with E-state index in [-0.39, 0.29) is 17.3 Å². The molecule has 0 fully saturated rings. The highest BCUT2D eigenvalue weighted by Gasteiger charge is 2.16. The van der Waals surface area contributed by atoms with Gasteiger partial charge in [-0.3, -0.25) is 19.5 Å². The number of benzene rings is 2. The number of rotatable bonds is 8. The SMILES string of the molecule is C=CCn1c(SCC(=O)Nc2cc([N+](=O)[O-])ccc2C)nnc1-c1ccc(Br)cc1. The summed E-state index contributed by atoms with van der Waals surface area (Å²) >= 11 is 4.65. The van der Waals surface area contributed by atoms with Crippen molar-refractivity contribution in [3.8, 4) is 11.4 Å². The van der Waals surface area contributed by atoms with Crippen molar-refractivity contribution < 1.29 is 9.72 Å². The van der Waals surface area contributed by atoms with Gasteiger partial charge in [-0.05, 0) is 24.6 Å². The highest BCUT2D eigenvalue weighted by molar-refractivity contribution is 9.10. The van der Waals surface area contributed by atoms with Crippen molar-refractivity contribution in [1.29, 1.82) is 0 Å². The Balaban J connectivity index is 1.73. The van der Waals surface area contributed by atoms with Gasteiger partial charge >= 0.3 is 0 Å². The number of anilines is 1. The van der Waals surface area contributed by atoms with Crippen molar-refractivity contribution in [1.82, 2.24) is 14.8 Å². The molecule has 1 aromatic heterocycles. The second-order valence-electron chi connectivity index (χ2n) is 6.31. The number of aryl methyl sites for hydroxylation is 1. The Hall–Kier alpha value is -2.98. The molecule has 0 atom stereocenters. The predicted octanol–water partition coefficient (Wildman–Crippen LogP) is 4.84. The molecule has 3 aromatic rings. The first-order valence-corrected chi connectivity index (χ1v) is 10.6. The first-order chi connectivity index (χ1) is 14.4. The molecule has 10 heteroatoms. The molecule has 1 N–H and O–H groups in total. The van der Waals surface area contributed by atoms with Crippen LogP contribution in [0, 0.1) is 17.0 Å². The van der Waals surface area contributed by atoms with E-state index in [1.807, 2.05) is 28.8 Å². The summed E-state index contributed by atoms with van der Waals surface area (Å²) in [5.74, 6) is 0.472. The molecule has 0 saturated heterocycles. The molecular formula is C20H18BrN5O3S. The van der Waals surface area contributed by atoms with Crippen LogP contribution in [0.15, 0.2) is 64.7 Å². The van der Waals surface area contributed by atoms with Crippen LogP contribution in [-0.4, -0.2) is 31.3 Å². The lowest BCUT2D eigenvalue weighted by Gasteiger charge is -2.09. The molecule has 0 aliphatic heterocycles. The highest BCUT2D eigenvalue weighted by Crippen LogP contribution is 2.26. The van der Waals surface area contributed by atoms with Gasteiger partial charge in [-0.2, -0.15) is 0 Å². The topological polar surface area (TPSA) is 103 Å². The Bertz CT molecular complexity index is 1100. The normalized spacial score (nSPS) is 10.6. The summed E-state index contributed by atoms with van der Waals surface area (Å²) in [6, 6.07) is 12.1. The van der Waals surface area contributed by atoms with Crippen LogP contribution in [0.1, 0.15) is 5.56 Å². The van der Waals surface area contributed by atoms with Gasteiger partial charge in [0.1, 0.15) is 0 Å². The Morgan fingerprint density at radius 2 is 2.03 bits per heavy atom. The van der Waals surface area contributed by atoms with Crippen LogP contribution in [0.2, 0.25) is 0 Å². The fourth-order valence-corrected chi connectivity index (χ4v) is 3.69. The molecule has 154 valence electrons. The molecule has 1 heterocycles. The third-order valence-corrected chi connectivity index (χ3v) is 5.66. The molecule has 0 radical (unpaired) electrons. The third-order valence-electron chi connectivity index (χ3n) is 4.17. The molecule has 0 aliphatic rings. The van der Waals surface area contributed by atoms with Crippen LogP contribution in [0.4, 0.5) is 11.4 Å². The fraction of sp³-hybridized carbons (Fsp3) is 0.150. The van der Waals surface area contributed by atoms with Crippen molar-refractivity contribution in [3.05, 3.63) is 75.3 Å². The zero-order valence-corrected chi connectivity index (χ0v) is 18.4. The average Bonchev–Trinajstić information content (AvgIpc) is 3.11. The second kappa shape index (κ2) is 9.68. The van der Waals surface area contributed by atoms with Gasteiger partial charge in [-0.25, -0.2) is 0 Å². The largest absolute Gasteiger partial charge is 0.325 e. The number of nitrogens with one attached hydrogen (secondary N) is 1. The van der Waals surface area contributed by atoms with Crippen molar-refractivity contribution >= 4 is 45.0 Å². The van der Waals surface area contributed by atoms with E-state index in [4.69, 9.17) is 0 Å². The monoisotopic (exact) mass is 487 g/mol. The summed E-state index contributed by atoms with van der Waals surface area (Å²) in [6.45, 7) is 6.05. The van der Waals surface area contributed by atoms with Gasteiger partial charge in [-0.15, -0.1) is 16.8 Å². The van der Waals surface area contributed by atoms with Crippen molar-refractivity contribution in [2.75, 3.05) is 11.1 Å². The standard InChI is InChI=1S/C20H18BrN5O3S/c1-3-10-25-19(14-5-7-15(21)8-6-14)23-24-20(25)30-12-18(27)22-17-11-16(26(28)29)9-4-13(17)2/h3-9,11H,1,10,12H2,2H3,(H,22,27). The van der Waals surface area contributed by atoms with Crippen molar-refractivity contribution in [2.45, 2.75) is 18.6 Å². The number of non-ortho nitro benzene ring substituents is 1. The average molecular weight is 488 g/mol. The third kappa shape index (κ3) is 5.14. The lowest BCUT2D eigenvalue weighted by atomic mass is 10.2. The number of aromatic nitrogens is 3. The number of nitrogens with zero attached hydrogens (tertiary/aromatic N) is 4. The summed E-state index contributed by atoms with van der Waals surface area (Å²) in [4.78, 5) is 22.9. The Morgan fingerprint density at radius 1 is 1.30 bits per heavy atom. The number of nitro benzene ring substituents is 1. The van der Waals surface area contributed by atoms with Crippen molar-refractivity contribution in [2.24, 2.45) is 0 Å². The molecule has 0 bridgehead atoms. The first-order valence-electron chi connectivity index (χ1n) is 8.86. The van der Waals surface area contributed by atoms with E-state index in [9.17, 15) is 14.9 Å². The van der Waals surface area contributed by atoms with Gasteiger partial charge in [-0.1, -0.05) is 52.0 Å². The maximum Gasteiger partial charge on any atom is 0.271 e. The maximum atomic E-state index is 12.4. The quantitative estimate of drug-likeness (QED) is 0.211. The smallest absolute Gasteiger partial charge is 0.271 e. The Kier molecular flexibility index (Phi) is 7.01. The van der Waals surface area contributed by atoms with E-state index in [0.29, 0.717) is 23.2 Å². The van der Waals surface area contributed by atoms with E-state index < -0.39 is 4.92 Å². The van der Waals surface area contributed by atoms with Crippen LogP contribution >= 0.6 is 27.7 Å². The van der Waals surface area contributed by atoms with Crippen LogP contribution in [0.5, 0.6) is 0 Å². The van der Waals surface area contributed by atoms with Crippen LogP contribution in [0.25, 0.3) is 11.4 Å². The zero-order valence-electron chi connectivity index (χ0n) is 16.0. The van der Waals surface area contributed by atoms with Gasteiger partial charge in [0.2, 0.25) is 5.91 Å². The second-order valence-corrected chi connectivity index (χ2v) is 8.16. The minimum atomic E-state index is -0.495. The summed E-state index contributed by atoms with van der Waals surface area (Å²) in [6.07, 6.45) is 1.74. The lowest BCUT2D eigenvalue weighted by molar-refractivity contribution is -0.384. The molecular weight excluding hydrogens is 470 g/mol. The molecule has 2 aromatic carbocycles. The molecule has 0 unspecified atom stereocenters. The molecule has 1 amide bonds. The van der Waals surface area contributed by atoms with Gasteiger partial charge in [0.25, 0.3) is 5.69 Å². The van der Waals surface area contributed by atoms with Crippen LogP contribution in [-0.2, 0) is 11.3 Å². The zero-order chi connectivity index (χ0) is 21.7. The summed E-state index contributed by atoms with van der Waals surface area (Å²) in [7, 11) is 0. The van der Waals surface area contributed by atoms with Gasteiger partial charge in [0.15, 0.2) is 11.0 Å². The molecule has 0 aliphatic carbocycles. The number of halogens is 1. The number of hydrogen-bond donors (Lipinski definition) is 1. The van der Waals surface area contributed by atoms with E-state index in [1.165, 1.54) is 23.9 Å². The maximum absolute atomic E-state index is 12.4. The van der Waals surface area contributed by atoms with Gasteiger partial charge in [0.05, 0.1) is 16.4 Å². The number of carbonyl (C=O) groups is 1. The Labute approximate surface area is 185 Å². The number of thioether (sulfide) groups is 1. The van der Waals surface area contributed by atoms with Crippen molar-refractivity contribution in [3.63, 3.8) is 0 Å². The van der Waals surface area contributed by atoms with Crippen LogP contribution < -0.4 is 5.32 Å². The molecule has 8 nitrogen and oxygen atoms in total. The van der Waals surface area contributed by atoms with E-state index >= 15 is 0 Å². The summed E-state index contributed by atoms with van der Waals surface area (Å²) in [5, 5.41) is 22.7. The fourth-order valence-electron chi connectivity index (χ4n) is 2.68. The number of nitro groups is 1. The predicted molar refractivity (Wildman–Crippen MR) is 121 cm³/mol. The summed E-state index contributed by atoms with van der Waals surface area (Å²) in [5.41, 5.74) is 1.98. The van der Waals surface area contributed by atoms with E-state index in [1.54, 1.807) is 19.1 Å². The molecule has 30 heavy (non-hydrogen) atoms. The number of amides is 1. The minimum Gasteiger partial charge on any atom is -0.325 e. The van der Waals surface area contributed by atoms with Gasteiger partial charge < -0.3 is 5.32 Å². The minimum absolute atomic E-state index is 0.0755. The lowest BCUT2D eigenvalue weighted by Crippen LogP contribution is -2.15. The number of allylic oxidation sites excluding steroid dienone is 1. The summed E-state index contributed by atoms with van der Waals surface area (Å²) < 4.78 is 2.84. The van der Waals surface area contributed by atoms with Gasteiger partial charge in [0, 0.05) is 28.7 Å². The molecule has 3 rings (SSSR count). The molecule has 0 spiro atoms. The highest BCUT2D eigenvalue weighted by atomic mass is 79.9. The first kappa shape index (κ1) is 21.7. The number of hydrogen-bond acceptors (Lipinski definition) is 6. The van der Waals surface area contributed by atoms with E-state index in [2.05, 4.69) is 38.0 Å². The molecule has 0 saturated carbocycles. The van der Waals surface area contributed by atoms with E-state index in [0.717, 1.165) is 15.6 Å². The Morgan fingerprint density at radius 3 is 2.70 bits per heavy atom.